The number of ether oxygens (including phenoxy) is 13. The number of nitrogens with zero attached hydrogens (tertiary/aromatic N) is 2. The molecular weight excluding hydrogens is 1680 g/mol. The number of ketones is 1. The van der Waals surface area contributed by atoms with Crippen molar-refractivity contribution in [3.05, 3.63) is 85.3 Å². The number of benzene rings is 2. The molecule has 19 atom stereocenters. The summed E-state index contributed by atoms with van der Waals surface area (Å²) in [4.78, 5) is 87.6. The second-order valence-corrected chi connectivity index (χ2v) is 32.4. The van der Waals surface area contributed by atoms with Crippen LogP contribution in [0.5, 0.6) is 23.0 Å². The molecule has 6 aliphatic rings. The van der Waals surface area contributed by atoms with Crippen LogP contribution in [0.2, 0.25) is 0 Å². The minimum absolute atomic E-state index is 0. The van der Waals surface area contributed by atoms with Crippen molar-refractivity contribution in [2.45, 2.75) is 227 Å². The summed E-state index contributed by atoms with van der Waals surface area (Å²) in [5.74, 6) is 10.5. The van der Waals surface area contributed by atoms with Crippen LogP contribution in [0.4, 0.5) is 4.79 Å². The Bertz CT molecular complexity index is 3820. The predicted molar refractivity (Wildman–Crippen MR) is 410 cm³/mol. The molecule has 0 aromatic heterocycles. The number of fused-ring (bicyclic) bond motifs is 2. The summed E-state index contributed by atoms with van der Waals surface area (Å²) < 4.78 is 78.3. The number of Topliss-reactive ketones (excluding diaryl/α,β-unsaturated/α-hetero) is 1. The Morgan fingerprint density at radius 3 is 2.22 bits per heavy atom. The number of hydrazone groups is 1. The van der Waals surface area contributed by atoms with Crippen molar-refractivity contribution in [1.29, 1.82) is 0 Å². The zero-order valence-corrected chi connectivity index (χ0v) is 71.1. The van der Waals surface area contributed by atoms with Gasteiger partial charge >= 0.3 is 6.09 Å². The zero-order chi connectivity index (χ0) is 79.8. The molecule has 2 aromatic carbocycles. The minimum atomic E-state index is -2.03. The summed E-state index contributed by atoms with van der Waals surface area (Å²) in [7, 11) is 9.31. The van der Waals surface area contributed by atoms with E-state index in [1.807, 2.05) is 43.4 Å². The van der Waals surface area contributed by atoms with Crippen LogP contribution in [0.15, 0.2) is 64.4 Å². The number of halogens is 1. The molecule has 0 spiro atoms. The van der Waals surface area contributed by atoms with Crippen LogP contribution in [-0.4, -0.2) is 252 Å². The second kappa shape index (κ2) is 42.5. The standard InChI is InChI=1S/C74H99IN6O25S3.Y/c1-15-81(42(7)82)46-36-99-53(33-50(46)93-10)104-66-61(88)58(80-106-54-32-47(83)68(41(6)100-54)108-69(90)55-37(2)57(75)64(67(96-13)63(55)94-11)105-70-62(89)65(95-12)60(87)40(5)102-70)39(4)101-71(66)103-49-22-19-17-16-18-20-29-74(92)34-48(84)59(77-72(91)97-14)56(49)45(74)28-31-107-109-73(8,9)35-52(86)79-78-38(3)43-24-26-44(27-25-43)98-30-21-23-51(76)85;/h16-17,24-28,39-41,46-47,49-50,53-54,58,60-62,65-66,68,70-71,80,83,87-89,92H,15,21,23,29-36H2,1-14H3,(H4,76,77,79,85,86,91);/p-1/b17-16-,45-28+,78-38+;/t39-,40+,41-,46+,47+,49-,50+,53+,54+,58-,60+,61+,62-,65-,66-,68-,70+,71+,74+;/m1./s1. The van der Waals surface area contributed by atoms with Gasteiger partial charge in [-0.15, -0.1) is 0 Å². The molecular formula is C74H98IN6O25S3Y-. The van der Waals surface area contributed by atoms with Crippen LogP contribution in [0.1, 0.15) is 122 Å². The Morgan fingerprint density at radius 2 is 1.57 bits per heavy atom. The zero-order valence-electron chi connectivity index (χ0n) is 63.7. The maximum absolute atomic E-state index is 14.6. The van der Waals surface area contributed by atoms with E-state index in [1.54, 1.807) is 69.9 Å². The van der Waals surface area contributed by atoms with Crippen molar-refractivity contribution in [2.75, 3.05) is 61.1 Å². The summed E-state index contributed by atoms with van der Waals surface area (Å²) in [6, 6.07) is 5.31. The number of carbonyl (C=O) groups is 6. The molecule has 8 rings (SSSR count). The van der Waals surface area contributed by atoms with Crippen molar-refractivity contribution in [1.82, 2.24) is 21.1 Å². The molecule has 110 heavy (non-hydrogen) atoms. The van der Waals surface area contributed by atoms with E-state index in [0.29, 0.717) is 33.6 Å². The first kappa shape index (κ1) is 92.1. The third kappa shape index (κ3) is 23.4. The Kier molecular flexibility index (Phi) is 35.6. The fraction of sp³-hybridized carbons (Fsp3) is 0.608. The number of methoxy groups -OCH3 is 5. The quantitative estimate of drug-likeness (QED) is 0.0107. The summed E-state index contributed by atoms with van der Waals surface area (Å²) in [5.41, 5.74) is 12.0. The van der Waals surface area contributed by atoms with Crippen molar-refractivity contribution in [3.8, 4) is 46.7 Å². The van der Waals surface area contributed by atoms with Gasteiger partial charge in [-0.1, -0.05) is 63.1 Å². The molecule has 2 aromatic rings. The Morgan fingerprint density at radius 1 is 0.873 bits per heavy atom. The molecule has 4 amide bonds. The average Bonchev–Trinajstić information content (AvgIpc) is 0.831. The van der Waals surface area contributed by atoms with Gasteiger partial charge in [0.1, 0.15) is 48.0 Å². The number of nitrogens with one attached hydrogen (secondary N) is 4. The van der Waals surface area contributed by atoms with Crippen LogP contribution >= 0.6 is 55.9 Å². The van der Waals surface area contributed by atoms with Gasteiger partial charge in [0, 0.05) is 114 Å². The van der Waals surface area contributed by atoms with Crippen LogP contribution < -0.4 is 35.2 Å². The van der Waals surface area contributed by atoms with Gasteiger partial charge in [-0.3, -0.25) is 29.3 Å². The molecule has 9 N–H and O–H groups in total. The summed E-state index contributed by atoms with van der Waals surface area (Å²) in [6.07, 6.45) is -15.4. The number of likely N-dealkylation sites (N-methyl/N-ethyl adjacent to an activating group) is 1. The van der Waals surface area contributed by atoms with E-state index < -0.39 is 149 Å². The first-order valence-corrected chi connectivity index (χ1v) is 39.6. The van der Waals surface area contributed by atoms with Crippen molar-refractivity contribution < 1.29 is 153 Å². The number of carbonyl (C=O) groups excluding carboxylic acids is 6. The van der Waals surface area contributed by atoms with E-state index >= 15 is 0 Å². The largest absolute Gasteiger partial charge is 0.668 e. The number of rotatable bonds is 31. The topological polar surface area (TPSA) is 408 Å². The minimum Gasteiger partial charge on any atom is -0.668 e. The van der Waals surface area contributed by atoms with Gasteiger partial charge in [0.2, 0.25) is 29.0 Å². The van der Waals surface area contributed by atoms with Crippen LogP contribution in [-0.2, 0) is 99.4 Å². The number of allylic oxidation sites excluding steroid dienone is 3. The maximum Gasteiger partial charge on any atom is 0.411 e. The summed E-state index contributed by atoms with van der Waals surface area (Å²) in [6.45, 7) is 15.8. The first-order valence-electron chi connectivity index (χ1n) is 35.3. The summed E-state index contributed by atoms with van der Waals surface area (Å²) in [5, 5.41) is 64.8. The second-order valence-electron chi connectivity index (χ2n) is 27.1. The van der Waals surface area contributed by atoms with Gasteiger partial charge in [0.25, 0.3) is 0 Å². The van der Waals surface area contributed by atoms with E-state index in [-0.39, 0.29) is 135 Å². The number of aliphatic hydroxyl groups excluding tert-OH is 4. The Hall–Kier alpha value is -5.05. The molecule has 2 bridgehead atoms. The molecule has 0 saturated carbocycles. The number of hydrogen-bond acceptors (Lipinski definition) is 30. The number of hydroxylamine groups is 1. The van der Waals surface area contributed by atoms with E-state index in [0.717, 1.165) is 24.4 Å². The third-order valence-corrected chi connectivity index (χ3v) is 24.7. The molecule has 36 heteroatoms. The van der Waals surface area contributed by atoms with E-state index in [4.69, 9.17) is 72.2 Å². The van der Waals surface area contributed by atoms with Crippen LogP contribution in [0.3, 0.4) is 0 Å². The molecule has 4 saturated heterocycles. The molecule has 0 unspecified atom stereocenters. The maximum atomic E-state index is 14.6. The monoisotopic (exact) mass is 1780 g/mol. The number of hydrogen-bond donors (Lipinski definition) is 8. The third-order valence-electron chi connectivity index (χ3n) is 18.9. The molecule has 4 aliphatic heterocycles. The number of amides is 4. The molecule has 4 fully saturated rings. The van der Waals surface area contributed by atoms with Gasteiger partial charge in [0.15, 0.2) is 36.2 Å². The van der Waals surface area contributed by atoms with E-state index in [9.17, 15) is 54.3 Å². The van der Waals surface area contributed by atoms with Crippen LogP contribution in [0.25, 0.3) is 5.73 Å². The average molecular weight is 1780 g/mol. The van der Waals surface area contributed by atoms with Gasteiger partial charge in [-0.05, 0) is 144 Å². The fourth-order valence-electron chi connectivity index (χ4n) is 13.2. The van der Waals surface area contributed by atoms with Gasteiger partial charge < -0.3 is 103 Å². The molecule has 31 nitrogen and oxygen atoms in total. The molecule has 4 heterocycles. The van der Waals surface area contributed by atoms with Crippen molar-refractivity contribution in [2.24, 2.45) is 5.10 Å². The predicted octanol–water partition coefficient (Wildman–Crippen LogP) is 6.01. The fourth-order valence-corrected chi connectivity index (χ4v) is 17.4. The smallest absolute Gasteiger partial charge is 0.411 e. The SMILES string of the molecule is CCN(C(C)=O)[C@H]1CO[C@@H](O[C@H]2[C@H](O[C@@H]3C#C/C=C\C#CC[C@]4(O)CC(=O)C(NC(=O)OC)=C3/C4=C\CSSC(C)(C)CC(=O)N/N=C(\C)c3ccc(OCCCC([NH-])=O)cc3)O[C@H](C)[C@@H](NO[C@H]3C[C@H](O)[C@H](SC(=O)c4c(C)c(I)c(O[C@@H]5O[C@@H](C)[C@H](O)[C@@H](OC)[C@H]5O)c(OC)c4OC)[C@@H](C)O3)[C@@H]2O)C[C@@H]1OC.[Y]. The number of aliphatic hydroxyl groups is 5. The summed E-state index contributed by atoms with van der Waals surface area (Å²) >= 11 is 2.78. The van der Waals surface area contributed by atoms with E-state index in [2.05, 4.69) is 45.0 Å². The van der Waals surface area contributed by atoms with Crippen LogP contribution in [0, 0.1) is 34.2 Å². The molecule has 2 aliphatic carbocycles. The molecule has 1 radical (unpaired) electrons. The van der Waals surface area contributed by atoms with Gasteiger partial charge in [0.05, 0.1) is 103 Å². The Labute approximate surface area is 691 Å². The van der Waals surface area contributed by atoms with Gasteiger partial charge in [-0.2, -0.15) is 10.6 Å². The molecule has 603 valence electrons. The Balaban J connectivity index is 0.0000168. The van der Waals surface area contributed by atoms with Crippen molar-refractivity contribution in [3.63, 3.8) is 0 Å². The van der Waals surface area contributed by atoms with E-state index in [1.165, 1.54) is 69.1 Å². The van der Waals surface area contributed by atoms with Gasteiger partial charge in [-0.25, -0.2) is 10.2 Å². The normalized spacial score (nSPS) is 30.3. The number of alkyl carbamates (subject to hydrolysis) is 1. The van der Waals surface area contributed by atoms with Crippen molar-refractivity contribution >= 4 is 96.4 Å². The first-order chi connectivity index (χ1) is 51.8. The number of thioether (sulfide) groups is 1.